The van der Waals surface area contributed by atoms with E-state index in [1.807, 2.05) is 9.80 Å². The number of piperazine rings is 1. The van der Waals surface area contributed by atoms with Crippen molar-refractivity contribution in [2.24, 2.45) is 5.92 Å². The highest BCUT2D eigenvalue weighted by atomic mass is 32.2. The molecule has 1 aliphatic carbocycles. The van der Waals surface area contributed by atoms with Crippen LogP contribution >= 0.6 is 0 Å². The predicted octanol–water partition coefficient (Wildman–Crippen LogP) is 1.68. The third kappa shape index (κ3) is 3.35. The summed E-state index contributed by atoms with van der Waals surface area (Å²) >= 11 is 0. The lowest BCUT2D eigenvalue weighted by atomic mass is 9.84. The molecule has 1 aromatic heterocycles. The molecule has 1 amide bonds. The van der Waals surface area contributed by atoms with Gasteiger partial charge in [0.15, 0.2) is 0 Å². The van der Waals surface area contributed by atoms with E-state index in [0.29, 0.717) is 50.0 Å². The molecule has 30 heavy (non-hydrogen) atoms. The van der Waals surface area contributed by atoms with Gasteiger partial charge in [-0.2, -0.15) is 4.31 Å². The molecule has 0 unspecified atom stereocenters. The van der Waals surface area contributed by atoms with Crippen molar-refractivity contribution >= 4 is 27.6 Å². The average Bonchev–Trinajstić information content (AvgIpc) is 3.16. The monoisotopic (exact) mass is 427 g/mol. The third-order valence-electron chi connectivity index (χ3n) is 6.38. The van der Waals surface area contributed by atoms with Crippen LogP contribution in [-0.4, -0.2) is 61.3 Å². The van der Waals surface area contributed by atoms with Gasteiger partial charge in [-0.3, -0.25) is 4.79 Å². The molecule has 1 aromatic carbocycles. The van der Waals surface area contributed by atoms with E-state index in [2.05, 4.69) is 9.97 Å². The average molecular weight is 428 g/mol. The molecule has 3 aliphatic rings. The number of amides is 1. The molecule has 2 aliphatic heterocycles. The summed E-state index contributed by atoms with van der Waals surface area (Å²) in [4.78, 5) is 25.3. The summed E-state index contributed by atoms with van der Waals surface area (Å²) in [6, 6.07) is 6.97. The summed E-state index contributed by atoms with van der Waals surface area (Å²) in [5, 5.41) is 0. The van der Waals surface area contributed by atoms with Gasteiger partial charge in [-0.15, -0.1) is 0 Å². The van der Waals surface area contributed by atoms with Crippen molar-refractivity contribution in [3.8, 4) is 0 Å². The normalized spacial score (nSPS) is 20.1. The zero-order chi connectivity index (χ0) is 20.7. The second-order valence-electron chi connectivity index (χ2n) is 8.10. The van der Waals surface area contributed by atoms with Crippen LogP contribution in [0.15, 0.2) is 41.6 Å². The standard InChI is InChI=1S/C21H25N5O3S/c27-20(16-3-1-4-16)26-10-7-17-15-18(5-6-19(17)26)30(28,29)25-13-11-24(12-14-25)21-22-8-2-9-23-21/h2,5-6,8-9,15-16H,1,3-4,7,10-14H2. The van der Waals surface area contributed by atoms with Crippen LogP contribution in [0, 0.1) is 5.92 Å². The van der Waals surface area contributed by atoms with Crippen LogP contribution in [0.3, 0.4) is 0 Å². The third-order valence-corrected chi connectivity index (χ3v) is 8.27. The minimum Gasteiger partial charge on any atom is -0.338 e. The van der Waals surface area contributed by atoms with Crippen LogP contribution in [0.4, 0.5) is 11.6 Å². The number of rotatable bonds is 4. The first kappa shape index (κ1) is 19.4. The molecule has 5 rings (SSSR count). The first-order valence-corrected chi connectivity index (χ1v) is 11.9. The van der Waals surface area contributed by atoms with E-state index in [9.17, 15) is 13.2 Å². The Hall–Kier alpha value is -2.52. The van der Waals surface area contributed by atoms with E-state index in [1.165, 1.54) is 4.31 Å². The molecule has 1 saturated carbocycles. The molecule has 0 N–H and O–H groups in total. The number of sulfonamides is 1. The van der Waals surface area contributed by atoms with E-state index < -0.39 is 10.0 Å². The van der Waals surface area contributed by atoms with Gasteiger partial charge in [-0.05, 0) is 49.1 Å². The highest BCUT2D eigenvalue weighted by Crippen LogP contribution is 2.36. The zero-order valence-electron chi connectivity index (χ0n) is 16.8. The SMILES string of the molecule is O=C(C1CCC1)N1CCc2cc(S(=O)(=O)N3CCN(c4ncccn4)CC3)ccc21. The number of carbonyl (C=O) groups is 1. The molecule has 2 fully saturated rings. The molecule has 0 spiro atoms. The highest BCUT2D eigenvalue weighted by molar-refractivity contribution is 7.89. The summed E-state index contributed by atoms with van der Waals surface area (Å²) in [6.45, 7) is 2.54. The number of benzene rings is 1. The van der Waals surface area contributed by atoms with E-state index in [-0.39, 0.29) is 11.8 Å². The number of carbonyl (C=O) groups excluding carboxylic acids is 1. The summed E-state index contributed by atoms with van der Waals surface area (Å²) in [7, 11) is -3.57. The number of hydrogen-bond donors (Lipinski definition) is 0. The van der Waals surface area contributed by atoms with Crippen LogP contribution in [0.25, 0.3) is 0 Å². The number of fused-ring (bicyclic) bond motifs is 1. The second kappa shape index (κ2) is 7.63. The molecule has 9 heteroatoms. The topological polar surface area (TPSA) is 86.7 Å². The van der Waals surface area contributed by atoms with Crippen LogP contribution < -0.4 is 9.80 Å². The molecule has 0 atom stereocenters. The van der Waals surface area contributed by atoms with E-state index in [0.717, 1.165) is 30.5 Å². The molecule has 8 nitrogen and oxygen atoms in total. The van der Waals surface area contributed by atoms with E-state index in [1.54, 1.807) is 36.7 Å². The first-order valence-electron chi connectivity index (χ1n) is 10.5. The van der Waals surface area contributed by atoms with Gasteiger partial charge in [0.2, 0.25) is 21.9 Å². The molecule has 3 heterocycles. The second-order valence-corrected chi connectivity index (χ2v) is 10.0. The van der Waals surface area contributed by atoms with Gasteiger partial charge in [0.25, 0.3) is 0 Å². The largest absolute Gasteiger partial charge is 0.338 e. The minimum absolute atomic E-state index is 0.143. The number of aromatic nitrogens is 2. The maximum Gasteiger partial charge on any atom is 0.243 e. The van der Waals surface area contributed by atoms with Gasteiger partial charge in [-0.1, -0.05) is 6.42 Å². The first-order chi connectivity index (χ1) is 14.5. The minimum atomic E-state index is -3.57. The number of nitrogens with zero attached hydrogens (tertiary/aromatic N) is 5. The smallest absolute Gasteiger partial charge is 0.243 e. The van der Waals surface area contributed by atoms with E-state index in [4.69, 9.17) is 0 Å². The Kier molecular flexibility index (Phi) is 4.94. The quantitative estimate of drug-likeness (QED) is 0.738. The fraction of sp³-hybridized carbons (Fsp3) is 0.476. The van der Waals surface area contributed by atoms with Crippen LogP contribution in [0.5, 0.6) is 0 Å². The van der Waals surface area contributed by atoms with Gasteiger partial charge < -0.3 is 9.80 Å². The van der Waals surface area contributed by atoms with Crippen molar-refractivity contribution in [3.05, 3.63) is 42.2 Å². The Morgan fingerprint density at radius 3 is 2.40 bits per heavy atom. The number of anilines is 2. The Morgan fingerprint density at radius 2 is 1.73 bits per heavy atom. The number of hydrogen-bond acceptors (Lipinski definition) is 6. The predicted molar refractivity (Wildman–Crippen MR) is 113 cm³/mol. The molecule has 158 valence electrons. The van der Waals surface area contributed by atoms with Gasteiger partial charge in [0, 0.05) is 56.7 Å². The molecule has 0 bridgehead atoms. The molecule has 1 saturated heterocycles. The van der Waals surface area contributed by atoms with Crippen molar-refractivity contribution < 1.29 is 13.2 Å². The van der Waals surface area contributed by atoms with Crippen molar-refractivity contribution in [1.82, 2.24) is 14.3 Å². The summed E-state index contributed by atoms with van der Waals surface area (Å²) in [6.07, 6.45) is 7.15. The van der Waals surface area contributed by atoms with Crippen LogP contribution in [0.2, 0.25) is 0 Å². The van der Waals surface area contributed by atoms with Gasteiger partial charge in [-0.25, -0.2) is 18.4 Å². The van der Waals surface area contributed by atoms with Gasteiger partial charge >= 0.3 is 0 Å². The lowest BCUT2D eigenvalue weighted by Gasteiger charge is -2.34. The Labute approximate surface area is 176 Å². The van der Waals surface area contributed by atoms with Crippen molar-refractivity contribution in [2.75, 3.05) is 42.5 Å². The molecular weight excluding hydrogens is 402 g/mol. The van der Waals surface area contributed by atoms with Crippen LogP contribution in [-0.2, 0) is 21.2 Å². The van der Waals surface area contributed by atoms with Crippen molar-refractivity contribution in [3.63, 3.8) is 0 Å². The fourth-order valence-electron chi connectivity index (χ4n) is 4.38. The maximum absolute atomic E-state index is 13.2. The fourth-order valence-corrected chi connectivity index (χ4v) is 5.85. The highest BCUT2D eigenvalue weighted by Gasteiger charge is 2.35. The van der Waals surface area contributed by atoms with Gasteiger partial charge in [0.05, 0.1) is 4.90 Å². The molecule has 2 aromatic rings. The lowest BCUT2D eigenvalue weighted by Crippen LogP contribution is -2.49. The summed E-state index contributed by atoms with van der Waals surface area (Å²) in [5.74, 6) is 0.961. The summed E-state index contributed by atoms with van der Waals surface area (Å²) in [5.41, 5.74) is 1.82. The lowest BCUT2D eigenvalue weighted by molar-refractivity contribution is -0.124. The zero-order valence-corrected chi connectivity index (χ0v) is 17.6. The Morgan fingerprint density at radius 1 is 1.00 bits per heavy atom. The summed E-state index contributed by atoms with van der Waals surface area (Å²) < 4.78 is 27.9. The Balaban J connectivity index is 1.30. The van der Waals surface area contributed by atoms with E-state index >= 15 is 0 Å². The van der Waals surface area contributed by atoms with Crippen LogP contribution in [0.1, 0.15) is 24.8 Å². The van der Waals surface area contributed by atoms with Crippen molar-refractivity contribution in [1.29, 1.82) is 0 Å². The Bertz CT molecular complexity index is 1050. The molecular formula is C21H25N5O3S. The maximum atomic E-state index is 13.2. The van der Waals surface area contributed by atoms with Crippen molar-refractivity contribution in [2.45, 2.75) is 30.6 Å². The van der Waals surface area contributed by atoms with Gasteiger partial charge in [0.1, 0.15) is 0 Å². The molecule has 0 radical (unpaired) electrons.